The second kappa shape index (κ2) is 7.42. The quantitative estimate of drug-likeness (QED) is 0.776. The number of phenolic OH excluding ortho intramolecular Hbond substituents is 1. The van der Waals surface area contributed by atoms with Gasteiger partial charge >= 0.3 is 0 Å². The Morgan fingerprint density at radius 2 is 1.72 bits per heavy atom. The molecule has 0 spiro atoms. The van der Waals surface area contributed by atoms with E-state index in [2.05, 4.69) is 32.6 Å². The minimum Gasteiger partial charge on any atom is -0.508 e. The van der Waals surface area contributed by atoms with Crippen molar-refractivity contribution in [2.24, 2.45) is 0 Å². The second-order valence-electron chi connectivity index (χ2n) is 5.12. The molecule has 0 saturated heterocycles. The fraction of sp³-hybridized carbons (Fsp3) is 0.625. The van der Waals surface area contributed by atoms with Crippen LogP contribution >= 0.6 is 0 Å². The summed E-state index contributed by atoms with van der Waals surface area (Å²) < 4.78 is 0. The molecule has 1 N–H and O–H groups in total. The van der Waals surface area contributed by atoms with Crippen molar-refractivity contribution in [3.05, 3.63) is 29.8 Å². The third-order valence-electron chi connectivity index (χ3n) is 3.80. The number of aromatic hydroxyl groups is 1. The molecule has 0 aliphatic carbocycles. The molecular weight excluding hydrogens is 222 g/mol. The van der Waals surface area contributed by atoms with Crippen LogP contribution < -0.4 is 0 Å². The molecule has 0 heterocycles. The molecule has 0 aliphatic heterocycles. The Bertz CT molecular complexity index is 333. The average molecular weight is 249 g/mol. The fourth-order valence-corrected chi connectivity index (χ4v) is 2.32. The first-order chi connectivity index (χ1) is 8.60. The highest BCUT2D eigenvalue weighted by Crippen LogP contribution is 2.25. The first kappa shape index (κ1) is 15.0. The van der Waals surface area contributed by atoms with E-state index in [0.717, 1.165) is 6.54 Å². The number of phenols is 1. The Hall–Kier alpha value is -1.02. The van der Waals surface area contributed by atoms with Crippen molar-refractivity contribution in [1.29, 1.82) is 0 Å². The molecule has 2 heteroatoms. The van der Waals surface area contributed by atoms with E-state index in [1.54, 1.807) is 12.1 Å². The van der Waals surface area contributed by atoms with Gasteiger partial charge in [0.2, 0.25) is 0 Å². The predicted octanol–water partition coefficient (Wildman–Crippen LogP) is 4.35. The molecule has 2 nitrogen and oxygen atoms in total. The van der Waals surface area contributed by atoms with Gasteiger partial charge in [0.15, 0.2) is 0 Å². The molecule has 1 aromatic rings. The van der Waals surface area contributed by atoms with Crippen LogP contribution in [-0.2, 0) is 0 Å². The van der Waals surface area contributed by atoms with E-state index >= 15 is 0 Å². The van der Waals surface area contributed by atoms with Gasteiger partial charge < -0.3 is 5.11 Å². The number of nitrogens with zero attached hydrogens (tertiary/aromatic N) is 1. The van der Waals surface area contributed by atoms with Gasteiger partial charge in [0.25, 0.3) is 0 Å². The van der Waals surface area contributed by atoms with Crippen molar-refractivity contribution < 1.29 is 5.11 Å². The molecule has 2 atom stereocenters. The van der Waals surface area contributed by atoms with E-state index in [-0.39, 0.29) is 0 Å². The summed E-state index contributed by atoms with van der Waals surface area (Å²) in [6, 6.07) is 8.62. The maximum atomic E-state index is 9.36. The number of benzene rings is 1. The minimum atomic E-state index is 0.342. The van der Waals surface area contributed by atoms with Gasteiger partial charge in [-0.25, -0.2) is 0 Å². The average Bonchev–Trinajstić information content (AvgIpc) is 2.39. The summed E-state index contributed by atoms with van der Waals surface area (Å²) in [5.41, 5.74) is 1.28. The molecule has 0 radical (unpaired) electrons. The predicted molar refractivity (Wildman–Crippen MR) is 77.9 cm³/mol. The lowest BCUT2D eigenvalue weighted by Crippen LogP contribution is -2.35. The van der Waals surface area contributed by atoms with E-state index < -0.39 is 0 Å². The normalized spacial score (nSPS) is 14.7. The van der Waals surface area contributed by atoms with E-state index in [9.17, 15) is 5.11 Å². The molecular formula is C16H27NO. The number of hydrogen-bond acceptors (Lipinski definition) is 2. The SMILES string of the molecule is CCCCN(C(C)CC)C(C)c1ccc(O)cc1. The molecule has 0 fully saturated rings. The van der Waals surface area contributed by atoms with Gasteiger partial charge in [0.05, 0.1) is 0 Å². The van der Waals surface area contributed by atoms with Crippen LogP contribution in [0.1, 0.15) is 58.6 Å². The molecule has 0 bridgehead atoms. The highest BCUT2D eigenvalue weighted by Gasteiger charge is 2.19. The van der Waals surface area contributed by atoms with Gasteiger partial charge in [-0.3, -0.25) is 4.90 Å². The molecule has 1 aromatic carbocycles. The minimum absolute atomic E-state index is 0.342. The van der Waals surface area contributed by atoms with Crippen LogP contribution in [0.15, 0.2) is 24.3 Å². The summed E-state index contributed by atoms with van der Waals surface area (Å²) in [7, 11) is 0. The lowest BCUT2D eigenvalue weighted by atomic mass is 10.0. The Labute approximate surface area is 112 Å². The topological polar surface area (TPSA) is 23.5 Å². The molecule has 0 saturated carbocycles. The third-order valence-corrected chi connectivity index (χ3v) is 3.80. The van der Waals surface area contributed by atoms with Crippen LogP contribution in [0, 0.1) is 0 Å². The third kappa shape index (κ3) is 4.02. The number of rotatable bonds is 7. The van der Waals surface area contributed by atoms with Gasteiger partial charge in [0.1, 0.15) is 5.75 Å². The summed E-state index contributed by atoms with van der Waals surface area (Å²) in [4.78, 5) is 2.57. The first-order valence-electron chi connectivity index (χ1n) is 7.14. The van der Waals surface area contributed by atoms with E-state index in [1.165, 1.54) is 24.8 Å². The second-order valence-corrected chi connectivity index (χ2v) is 5.12. The highest BCUT2D eigenvalue weighted by molar-refractivity contribution is 5.27. The largest absolute Gasteiger partial charge is 0.508 e. The van der Waals surface area contributed by atoms with Gasteiger partial charge in [-0.2, -0.15) is 0 Å². The van der Waals surface area contributed by atoms with Crippen molar-refractivity contribution in [2.75, 3.05) is 6.54 Å². The summed E-state index contributed by atoms with van der Waals surface area (Å²) >= 11 is 0. The molecule has 0 aliphatic rings. The van der Waals surface area contributed by atoms with Crippen LogP contribution in [0.2, 0.25) is 0 Å². The van der Waals surface area contributed by atoms with E-state index in [0.29, 0.717) is 17.8 Å². The van der Waals surface area contributed by atoms with Crippen LogP contribution in [0.25, 0.3) is 0 Å². The standard InChI is InChI=1S/C16H27NO/c1-5-7-12-17(13(3)6-2)14(4)15-8-10-16(18)11-9-15/h8-11,13-14,18H,5-7,12H2,1-4H3. The zero-order valence-electron chi connectivity index (χ0n) is 12.2. The molecule has 1 rings (SSSR count). The highest BCUT2D eigenvalue weighted by atomic mass is 16.3. The van der Waals surface area contributed by atoms with Crippen LogP contribution in [0.4, 0.5) is 0 Å². The monoisotopic (exact) mass is 249 g/mol. The maximum absolute atomic E-state index is 9.36. The van der Waals surface area contributed by atoms with Gasteiger partial charge in [0, 0.05) is 12.1 Å². The summed E-state index contributed by atoms with van der Waals surface area (Å²) in [6.45, 7) is 10.2. The molecule has 0 aromatic heterocycles. The van der Waals surface area contributed by atoms with Crippen molar-refractivity contribution in [2.45, 2.75) is 59.0 Å². The maximum Gasteiger partial charge on any atom is 0.115 e. The summed E-state index contributed by atoms with van der Waals surface area (Å²) in [5, 5.41) is 9.36. The number of unbranched alkanes of at least 4 members (excludes halogenated alkanes) is 1. The lowest BCUT2D eigenvalue weighted by Gasteiger charge is -2.34. The summed E-state index contributed by atoms with van der Waals surface area (Å²) in [6.07, 6.45) is 3.65. The van der Waals surface area contributed by atoms with E-state index in [4.69, 9.17) is 0 Å². The van der Waals surface area contributed by atoms with Crippen LogP contribution in [0.5, 0.6) is 5.75 Å². The Balaban J connectivity index is 2.80. The fourth-order valence-electron chi connectivity index (χ4n) is 2.32. The Morgan fingerprint density at radius 3 is 2.22 bits per heavy atom. The van der Waals surface area contributed by atoms with Gasteiger partial charge in [-0.05, 0) is 50.9 Å². The number of hydrogen-bond donors (Lipinski definition) is 1. The van der Waals surface area contributed by atoms with Crippen LogP contribution in [0.3, 0.4) is 0 Å². The zero-order valence-corrected chi connectivity index (χ0v) is 12.2. The van der Waals surface area contributed by atoms with Crippen LogP contribution in [-0.4, -0.2) is 22.6 Å². The summed E-state index contributed by atoms with van der Waals surface area (Å²) in [5.74, 6) is 0.342. The Morgan fingerprint density at radius 1 is 1.11 bits per heavy atom. The first-order valence-corrected chi connectivity index (χ1v) is 7.14. The molecule has 2 unspecified atom stereocenters. The van der Waals surface area contributed by atoms with Gasteiger partial charge in [-0.15, -0.1) is 0 Å². The lowest BCUT2D eigenvalue weighted by molar-refractivity contribution is 0.147. The van der Waals surface area contributed by atoms with Gasteiger partial charge in [-0.1, -0.05) is 32.4 Å². The smallest absolute Gasteiger partial charge is 0.115 e. The molecule has 18 heavy (non-hydrogen) atoms. The Kier molecular flexibility index (Phi) is 6.20. The van der Waals surface area contributed by atoms with Crippen molar-refractivity contribution in [1.82, 2.24) is 4.90 Å². The van der Waals surface area contributed by atoms with Crippen molar-refractivity contribution in [3.8, 4) is 5.75 Å². The molecule has 102 valence electrons. The molecule has 0 amide bonds. The zero-order chi connectivity index (χ0) is 13.5. The van der Waals surface area contributed by atoms with Crippen molar-refractivity contribution >= 4 is 0 Å². The van der Waals surface area contributed by atoms with Crippen molar-refractivity contribution in [3.63, 3.8) is 0 Å². The van der Waals surface area contributed by atoms with E-state index in [1.807, 2.05) is 12.1 Å².